The van der Waals surface area contributed by atoms with E-state index >= 15 is 0 Å². The van der Waals surface area contributed by atoms with Crippen LogP contribution in [0.3, 0.4) is 0 Å². The van der Waals surface area contributed by atoms with E-state index in [1.165, 1.54) is 36.9 Å². The summed E-state index contributed by atoms with van der Waals surface area (Å²) in [7, 11) is 1.46. The molecule has 2 N–H and O–H groups in total. The molecule has 1 unspecified atom stereocenters. The summed E-state index contributed by atoms with van der Waals surface area (Å²) >= 11 is 6.30. The lowest BCUT2D eigenvalue weighted by Gasteiger charge is -2.27. The van der Waals surface area contributed by atoms with Crippen LogP contribution in [0, 0.1) is 0 Å². The number of rotatable bonds is 4. The van der Waals surface area contributed by atoms with Crippen molar-refractivity contribution in [2.24, 2.45) is 10.7 Å². The van der Waals surface area contributed by atoms with Crippen LogP contribution in [0.15, 0.2) is 58.6 Å². The number of aromatic nitrogens is 2. The number of benzene rings is 1. The molecule has 7 nitrogen and oxygen atoms in total. The van der Waals surface area contributed by atoms with Gasteiger partial charge in [-0.2, -0.15) is 0 Å². The molecule has 0 aliphatic carbocycles. The summed E-state index contributed by atoms with van der Waals surface area (Å²) < 4.78 is 31.5. The number of oxazole rings is 1. The summed E-state index contributed by atoms with van der Waals surface area (Å²) in [5, 5.41) is 0.305. The van der Waals surface area contributed by atoms with Crippen LogP contribution < -0.4 is 5.73 Å². The second-order valence-electron chi connectivity index (χ2n) is 6.42. The number of nitrogens with two attached hydrogens (primary N) is 1. The van der Waals surface area contributed by atoms with Gasteiger partial charge in [0.25, 0.3) is 12.3 Å². The van der Waals surface area contributed by atoms with Crippen LogP contribution in [0.5, 0.6) is 0 Å². The third kappa shape index (κ3) is 3.03. The summed E-state index contributed by atoms with van der Waals surface area (Å²) in [6, 6.07) is 7.44. The van der Waals surface area contributed by atoms with E-state index in [4.69, 9.17) is 21.8 Å². The largest absolute Gasteiger partial charge is 0.451 e. The van der Waals surface area contributed by atoms with E-state index in [0.29, 0.717) is 21.8 Å². The Morgan fingerprint density at radius 1 is 1.21 bits per heavy atom. The Morgan fingerprint density at radius 3 is 2.62 bits per heavy atom. The average Bonchev–Trinajstić information content (AvgIpc) is 3.32. The third-order valence-corrected chi connectivity index (χ3v) is 4.92. The van der Waals surface area contributed by atoms with Gasteiger partial charge in [0.2, 0.25) is 0 Å². The molecule has 2 aromatic heterocycles. The Hall–Kier alpha value is -3.33. The Morgan fingerprint density at radius 2 is 2.00 bits per heavy atom. The van der Waals surface area contributed by atoms with Crippen LogP contribution in [0.1, 0.15) is 23.2 Å². The van der Waals surface area contributed by atoms with Gasteiger partial charge in [-0.25, -0.2) is 18.8 Å². The predicted octanol–water partition coefficient (Wildman–Crippen LogP) is 3.36. The molecule has 10 heteroatoms. The Bertz CT molecular complexity index is 1120. The van der Waals surface area contributed by atoms with Crippen molar-refractivity contribution >= 4 is 23.5 Å². The highest BCUT2D eigenvalue weighted by molar-refractivity contribution is 6.31. The van der Waals surface area contributed by atoms with Gasteiger partial charge < -0.3 is 10.2 Å². The van der Waals surface area contributed by atoms with E-state index in [2.05, 4.69) is 15.0 Å². The molecule has 0 bridgehead atoms. The number of amides is 1. The Kier molecular flexibility index (Phi) is 4.54. The second-order valence-corrected chi connectivity index (χ2v) is 6.85. The monoisotopic (exact) mass is 417 g/mol. The lowest BCUT2D eigenvalue weighted by Crippen LogP contribution is -2.41. The standard InChI is InChI=1S/C19H14ClF2N5O2/c1-27-17(28)19(26-18(27)23,11-2-3-24-14(7-11)16(21)22)12-4-10(5-13(20)6-12)15-8-29-9-25-15/h2-9,16H,1H3,(H2,23,26). The zero-order valence-corrected chi connectivity index (χ0v) is 15.8. The summed E-state index contributed by atoms with van der Waals surface area (Å²) in [6.07, 6.45) is 1.07. The van der Waals surface area contributed by atoms with Crippen LogP contribution in [0.2, 0.25) is 5.02 Å². The molecular formula is C19H14ClF2N5O2. The van der Waals surface area contributed by atoms with Gasteiger partial charge in [0.15, 0.2) is 17.9 Å². The fourth-order valence-electron chi connectivity index (χ4n) is 3.28. The molecule has 0 saturated carbocycles. The quantitative estimate of drug-likeness (QED) is 0.702. The number of pyridine rings is 1. The minimum atomic E-state index is -2.81. The van der Waals surface area contributed by atoms with Gasteiger partial charge in [0, 0.05) is 23.8 Å². The smallest absolute Gasteiger partial charge is 0.280 e. The lowest BCUT2D eigenvalue weighted by atomic mass is 9.82. The molecule has 3 aromatic rings. The molecule has 1 aliphatic heterocycles. The highest BCUT2D eigenvalue weighted by Gasteiger charge is 2.50. The van der Waals surface area contributed by atoms with E-state index < -0.39 is 23.6 Å². The van der Waals surface area contributed by atoms with Crippen LogP contribution in [0.4, 0.5) is 8.78 Å². The lowest BCUT2D eigenvalue weighted by molar-refractivity contribution is -0.129. The minimum absolute atomic E-state index is 0.0478. The van der Waals surface area contributed by atoms with Gasteiger partial charge in [0.05, 0.1) is 0 Å². The van der Waals surface area contributed by atoms with Crippen molar-refractivity contribution < 1.29 is 18.0 Å². The van der Waals surface area contributed by atoms with Gasteiger partial charge in [-0.15, -0.1) is 0 Å². The number of guanidine groups is 1. The average molecular weight is 418 g/mol. The van der Waals surface area contributed by atoms with Crippen LogP contribution >= 0.6 is 11.6 Å². The molecule has 0 saturated heterocycles. The van der Waals surface area contributed by atoms with Crippen molar-refractivity contribution in [1.29, 1.82) is 0 Å². The van der Waals surface area contributed by atoms with Gasteiger partial charge in [0.1, 0.15) is 17.7 Å². The SMILES string of the molecule is CN1C(=O)C(c2cc(Cl)cc(-c3cocn3)c2)(c2ccnc(C(F)F)c2)N=C1N. The molecular weight excluding hydrogens is 404 g/mol. The molecule has 3 heterocycles. The molecule has 0 radical (unpaired) electrons. The van der Waals surface area contributed by atoms with Crippen LogP contribution in [-0.2, 0) is 10.3 Å². The fraction of sp³-hybridized carbons (Fsp3) is 0.158. The Labute approximate surface area is 168 Å². The van der Waals surface area contributed by atoms with E-state index in [1.807, 2.05) is 0 Å². The van der Waals surface area contributed by atoms with E-state index in [0.717, 1.165) is 6.07 Å². The van der Waals surface area contributed by atoms with Gasteiger partial charge in [-0.05, 0) is 41.5 Å². The molecule has 0 fully saturated rings. The zero-order valence-electron chi connectivity index (χ0n) is 15.0. The summed E-state index contributed by atoms with van der Waals surface area (Å²) in [5.41, 5.74) is 5.37. The van der Waals surface area contributed by atoms with Crippen molar-refractivity contribution in [2.75, 3.05) is 7.05 Å². The molecule has 1 atom stereocenters. The molecule has 1 amide bonds. The summed E-state index contributed by atoms with van der Waals surface area (Å²) in [5.74, 6) is -0.553. The van der Waals surface area contributed by atoms with E-state index in [9.17, 15) is 13.6 Å². The number of likely N-dealkylation sites (N-methyl/N-ethyl adjacent to an activating group) is 1. The highest BCUT2D eigenvalue weighted by atomic mass is 35.5. The van der Waals surface area contributed by atoms with Crippen molar-refractivity contribution in [2.45, 2.75) is 12.0 Å². The molecule has 4 rings (SSSR count). The third-order valence-electron chi connectivity index (χ3n) is 4.71. The minimum Gasteiger partial charge on any atom is -0.451 e. The number of nitrogens with zero attached hydrogens (tertiary/aromatic N) is 4. The summed E-state index contributed by atoms with van der Waals surface area (Å²) in [6.45, 7) is 0. The number of alkyl halides is 2. The molecule has 0 spiro atoms. The summed E-state index contributed by atoms with van der Waals surface area (Å²) in [4.78, 5) is 26.6. The molecule has 29 heavy (non-hydrogen) atoms. The maximum atomic E-state index is 13.3. The van der Waals surface area contributed by atoms with Gasteiger partial charge in [-0.3, -0.25) is 14.7 Å². The molecule has 1 aliphatic rings. The molecule has 1 aromatic carbocycles. The van der Waals surface area contributed by atoms with Crippen molar-refractivity contribution in [3.05, 3.63) is 71.0 Å². The number of halogens is 3. The first-order valence-electron chi connectivity index (χ1n) is 8.40. The van der Waals surface area contributed by atoms with Crippen molar-refractivity contribution in [3.8, 4) is 11.3 Å². The first-order chi connectivity index (χ1) is 13.8. The van der Waals surface area contributed by atoms with Gasteiger partial charge in [-0.1, -0.05) is 11.6 Å². The first kappa shape index (κ1) is 19.0. The number of carbonyl (C=O) groups is 1. The van der Waals surface area contributed by atoms with E-state index in [-0.39, 0.29) is 11.5 Å². The zero-order chi connectivity index (χ0) is 20.8. The van der Waals surface area contributed by atoms with Crippen molar-refractivity contribution in [3.63, 3.8) is 0 Å². The number of hydrogen-bond acceptors (Lipinski definition) is 6. The highest BCUT2D eigenvalue weighted by Crippen LogP contribution is 2.42. The molecule has 148 valence electrons. The first-order valence-corrected chi connectivity index (χ1v) is 8.78. The maximum Gasteiger partial charge on any atom is 0.280 e. The van der Waals surface area contributed by atoms with Crippen molar-refractivity contribution in [1.82, 2.24) is 14.9 Å². The van der Waals surface area contributed by atoms with E-state index in [1.54, 1.807) is 18.2 Å². The topological polar surface area (TPSA) is 97.6 Å². The predicted molar refractivity (Wildman–Crippen MR) is 101 cm³/mol. The maximum absolute atomic E-state index is 13.3. The Balaban J connectivity index is 1.99. The fourth-order valence-corrected chi connectivity index (χ4v) is 3.51. The van der Waals surface area contributed by atoms with Gasteiger partial charge >= 0.3 is 0 Å². The van der Waals surface area contributed by atoms with Crippen LogP contribution in [0.25, 0.3) is 11.3 Å². The number of carbonyl (C=O) groups excluding carboxylic acids is 1. The number of hydrogen-bond donors (Lipinski definition) is 1. The van der Waals surface area contributed by atoms with Crippen LogP contribution in [-0.4, -0.2) is 33.8 Å². The normalized spacial score (nSPS) is 19.1. The second kappa shape index (κ2) is 6.93. The number of aliphatic imine (C=N–C) groups is 1.